The van der Waals surface area contributed by atoms with Gasteiger partial charge in [-0.1, -0.05) is 49.4 Å². The topological polar surface area (TPSA) is 87.6 Å². The lowest BCUT2D eigenvalue weighted by molar-refractivity contribution is -0.119. The molecule has 26 heavy (non-hydrogen) atoms. The summed E-state index contributed by atoms with van der Waals surface area (Å²) < 4.78 is 26.4. The first-order valence-electron chi connectivity index (χ1n) is 8.49. The smallest absolute Gasteiger partial charge is 0.263 e. The summed E-state index contributed by atoms with van der Waals surface area (Å²) in [5.41, 5.74) is 1.68. The Balaban J connectivity index is 1.62. The van der Waals surface area contributed by atoms with E-state index in [1.54, 1.807) is 18.2 Å². The Morgan fingerprint density at radius 2 is 1.81 bits per heavy atom. The van der Waals surface area contributed by atoms with Gasteiger partial charge < -0.3 is 5.32 Å². The van der Waals surface area contributed by atoms with Crippen LogP contribution in [0, 0.1) is 0 Å². The second-order valence-corrected chi connectivity index (χ2v) is 7.74. The number of benzene rings is 2. The molecule has 0 aromatic heterocycles. The number of amidine groups is 1. The lowest BCUT2D eigenvalue weighted by Crippen LogP contribution is -2.31. The Morgan fingerprint density at radius 1 is 1.12 bits per heavy atom. The van der Waals surface area contributed by atoms with Crippen LogP contribution in [0.2, 0.25) is 0 Å². The SMILES string of the molecule is CC[C@H](CNC(=O)CN=C1NS(=O)(=O)c2ccccc21)c1ccccc1. The summed E-state index contributed by atoms with van der Waals surface area (Å²) in [4.78, 5) is 16.5. The highest BCUT2D eigenvalue weighted by molar-refractivity contribution is 7.90. The molecule has 0 radical (unpaired) electrons. The average Bonchev–Trinajstić information content (AvgIpc) is 2.92. The summed E-state index contributed by atoms with van der Waals surface area (Å²) in [5, 5.41) is 2.88. The molecule has 6 nitrogen and oxygen atoms in total. The van der Waals surface area contributed by atoms with Crippen molar-refractivity contribution in [3.63, 3.8) is 0 Å². The van der Waals surface area contributed by atoms with Crippen molar-refractivity contribution in [2.24, 2.45) is 4.99 Å². The standard InChI is InChI=1S/C19H21N3O3S/c1-2-14(15-8-4-3-5-9-15)12-20-18(23)13-21-19-16-10-6-7-11-17(16)26(24,25)22-19/h3-11,14H,2,12-13H2,1H3,(H,20,23)(H,21,22)/t14-/m1/s1. The van der Waals surface area contributed by atoms with Crippen molar-refractivity contribution in [1.29, 1.82) is 0 Å². The van der Waals surface area contributed by atoms with Gasteiger partial charge in [0, 0.05) is 18.0 Å². The van der Waals surface area contributed by atoms with Gasteiger partial charge in [0.2, 0.25) is 5.91 Å². The fourth-order valence-corrected chi connectivity index (χ4v) is 4.17. The van der Waals surface area contributed by atoms with Gasteiger partial charge in [0.05, 0.1) is 4.90 Å². The van der Waals surface area contributed by atoms with E-state index in [0.717, 1.165) is 6.42 Å². The maximum Gasteiger partial charge on any atom is 0.263 e. The van der Waals surface area contributed by atoms with Gasteiger partial charge in [-0.15, -0.1) is 0 Å². The van der Waals surface area contributed by atoms with Crippen molar-refractivity contribution in [3.05, 3.63) is 65.7 Å². The minimum atomic E-state index is -3.58. The van der Waals surface area contributed by atoms with E-state index >= 15 is 0 Å². The maximum absolute atomic E-state index is 12.1. The van der Waals surface area contributed by atoms with Gasteiger partial charge in [-0.25, -0.2) is 8.42 Å². The quantitative estimate of drug-likeness (QED) is 0.814. The van der Waals surface area contributed by atoms with Gasteiger partial charge in [-0.2, -0.15) is 0 Å². The van der Waals surface area contributed by atoms with E-state index in [1.807, 2.05) is 30.3 Å². The number of carbonyl (C=O) groups is 1. The Kier molecular flexibility index (Phi) is 5.37. The Bertz CT molecular complexity index is 924. The molecule has 0 aliphatic carbocycles. The van der Waals surface area contributed by atoms with Crippen LogP contribution in [0.15, 0.2) is 64.5 Å². The largest absolute Gasteiger partial charge is 0.354 e. The molecule has 1 aliphatic heterocycles. The van der Waals surface area contributed by atoms with E-state index in [-0.39, 0.29) is 29.1 Å². The van der Waals surface area contributed by atoms with Crippen molar-refractivity contribution in [3.8, 4) is 0 Å². The van der Waals surface area contributed by atoms with Crippen molar-refractivity contribution in [2.75, 3.05) is 13.1 Å². The van der Waals surface area contributed by atoms with Crippen LogP contribution < -0.4 is 10.0 Å². The molecule has 7 heteroatoms. The van der Waals surface area contributed by atoms with Gasteiger partial charge in [-0.05, 0) is 24.1 Å². The number of nitrogens with one attached hydrogen (secondary N) is 2. The second kappa shape index (κ2) is 7.70. The van der Waals surface area contributed by atoms with Crippen molar-refractivity contribution in [1.82, 2.24) is 10.0 Å². The first-order chi connectivity index (χ1) is 12.5. The van der Waals surface area contributed by atoms with Gasteiger partial charge in [-0.3, -0.25) is 14.5 Å². The normalized spacial score (nSPS) is 17.3. The van der Waals surface area contributed by atoms with Gasteiger partial charge in [0.25, 0.3) is 10.0 Å². The zero-order valence-electron chi connectivity index (χ0n) is 14.5. The highest BCUT2D eigenvalue weighted by Gasteiger charge is 2.30. The molecule has 0 saturated carbocycles. The lowest BCUT2D eigenvalue weighted by Gasteiger charge is -2.15. The molecule has 2 aromatic carbocycles. The third-order valence-corrected chi connectivity index (χ3v) is 5.75. The number of fused-ring (bicyclic) bond motifs is 1. The Hall–Kier alpha value is -2.67. The summed E-state index contributed by atoms with van der Waals surface area (Å²) in [6, 6.07) is 16.6. The van der Waals surface area contributed by atoms with Crippen LogP contribution in [0.1, 0.15) is 30.4 Å². The van der Waals surface area contributed by atoms with Crippen molar-refractivity contribution >= 4 is 21.8 Å². The minimum Gasteiger partial charge on any atom is -0.354 e. The summed E-state index contributed by atoms with van der Waals surface area (Å²) in [6.07, 6.45) is 0.909. The van der Waals surface area contributed by atoms with Crippen molar-refractivity contribution in [2.45, 2.75) is 24.2 Å². The first kappa shape index (κ1) is 18.1. The molecule has 2 aromatic rings. The zero-order chi connectivity index (χ0) is 18.6. The molecule has 2 N–H and O–H groups in total. The van der Waals surface area contributed by atoms with E-state index in [9.17, 15) is 13.2 Å². The van der Waals surface area contributed by atoms with Crippen LogP contribution in [-0.2, 0) is 14.8 Å². The lowest BCUT2D eigenvalue weighted by atomic mass is 9.96. The van der Waals surface area contributed by atoms with Crippen LogP contribution in [0.25, 0.3) is 0 Å². The minimum absolute atomic E-state index is 0.128. The van der Waals surface area contributed by atoms with Gasteiger partial charge in [0.1, 0.15) is 12.4 Å². The van der Waals surface area contributed by atoms with E-state index in [1.165, 1.54) is 11.6 Å². The molecular formula is C19H21N3O3S. The molecular weight excluding hydrogens is 350 g/mol. The van der Waals surface area contributed by atoms with Gasteiger partial charge in [0.15, 0.2) is 0 Å². The molecule has 1 heterocycles. The monoisotopic (exact) mass is 371 g/mol. The summed E-state index contributed by atoms with van der Waals surface area (Å²) in [7, 11) is -3.58. The van der Waals surface area contributed by atoms with Crippen LogP contribution in [-0.4, -0.2) is 33.3 Å². The number of hydrogen-bond donors (Lipinski definition) is 2. The number of rotatable bonds is 6. The summed E-state index contributed by atoms with van der Waals surface area (Å²) >= 11 is 0. The second-order valence-electron chi connectivity index (χ2n) is 6.09. The third-order valence-electron chi connectivity index (χ3n) is 4.35. The number of amides is 1. The van der Waals surface area contributed by atoms with E-state index in [4.69, 9.17) is 0 Å². The first-order valence-corrected chi connectivity index (χ1v) is 9.98. The maximum atomic E-state index is 12.1. The van der Waals surface area contributed by atoms with Crippen LogP contribution >= 0.6 is 0 Å². The van der Waals surface area contributed by atoms with E-state index in [2.05, 4.69) is 22.0 Å². The molecule has 0 spiro atoms. The van der Waals surface area contributed by atoms with E-state index < -0.39 is 10.0 Å². The van der Waals surface area contributed by atoms with Gasteiger partial charge >= 0.3 is 0 Å². The molecule has 0 saturated heterocycles. The van der Waals surface area contributed by atoms with E-state index in [0.29, 0.717) is 12.1 Å². The number of hydrogen-bond acceptors (Lipinski definition) is 4. The predicted octanol–water partition coefficient (Wildman–Crippen LogP) is 2.04. The van der Waals surface area contributed by atoms with Crippen molar-refractivity contribution < 1.29 is 13.2 Å². The zero-order valence-corrected chi connectivity index (χ0v) is 15.3. The molecule has 0 unspecified atom stereocenters. The predicted molar refractivity (Wildman–Crippen MR) is 101 cm³/mol. The number of carbonyl (C=O) groups excluding carboxylic acids is 1. The molecule has 1 aliphatic rings. The Labute approximate surface area is 153 Å². The fourth-order valence-electron chi connectivity index (χ4n) is 2.92. The highest BCUT2D eigenvalue weighted by Crippen LogP contribution is 2.22. The number of aliphatic imine (C=N–C) groups is 1. The third kappa shape index (κ3) is 3.94. The average molecular weight is 371 g/mol. The Morgan fingerprint density at radius 3 is 2.54 bits per heavy atom. The number of sulfonamides is 1. The summed E-state index contributed by atoms with van der Waals surface area (Å²) in [5.74, 6) is 0.208. The molecule has 1 amide bonds. The highest BCUT2D eigenvalue weighted by atomic mass is 32.2. The fraction of sp³-hybridized carbons (Fsp3) is 0.263. The van der Waals surface area contributed by atoms with Crippen LogP contribution in [0.3, 0.4) is 0 Å². The summed E-state index contributed by atoms with van der Waals surface area (Å²) in [6.45, 7) is 2.47. The van der Waals surface area contributed by atoms with Crippen LogP contribution in [0.5, 0.6) is 0 Å². The van der Waals surface area contributed by atoms with Crippen LogP contribution in [0.4, 0.5) is 0 Å². The molecule has 3 rings (SSSR count). The molecule has 1 atom stereocenters. The molecule has 0 bridgehead atoms. The molecule has 0 fully saturated rings. The number of nitrogens with zero attached hydrogens (tertiary/aromatic N) is 1. The molecule has 136 valence electrons.